The summed E-state index contributed by atoms with van der Waals surface area (Å²) in [4.78, 5) is 34.8. The Hall–Kier alpha value is -1.55. The molecule has 2 fully saturated rings. The van der Waals surface area contributed by atoms with Gasteiger partial charge in [-0.1, -0.05) is 0 Å². The normalized spacial score (nSPS) is 25.4. The molecule has 1 aromatic rings. The fourth-order valence-corrected chi connectivity index (χ4v) is 4.46. The Balaban J connectivity index is 1.50. The summed E-state index contributed by atoms with van der Waals surface area (Å²) in [6, 6.07) is 0.397. The lowest BCUT2D eigenvalue weighted by Crippen LogP contribution is -2.47. The second kappa shape index (κ2) is 8.64. The van der Waals surface area contributed by atoms with Gasteiger partial charge in [0.2, 0.25) is 5.91 Å². The van der Waals surface area contributed by atoms with E-state index in [0.29, 0.717) is 24.8 Å². The maximum Gasteiger partial charge on any atom is 0.271 e. The molecule has 1 aromatic heterocycles. The van der Waals surface area contributed by atoms with Gasteiger partial charge in [-0.2, -0.15) is 0 Å². The van der Waals surface area contributed by atoms with Crippen LogP contribution in [0.3, 0.4) is 0 Å². The van der Waals surface area contributed by atoms with Crippen molar-refractivity contribution in [3.63, 3.8) is 0 Å². The summed E-state index contributed by atoms with van der Waals surface area (Å²) in [5.41, 5.74) is 0.493. The molecule has 0 unspecified atom stereocenters. The second-order valence-corrected chi connectivity index (χ2v) is 8.77. The van der Waals surface area contributed by atoms with Gasteiger partial charge in [-0.25, -0.2) is 4.98 Å². The average molecular weight is 396 g/mol. The van der Waals surface area contributed by atoms with Crippen molar-refractivity contribution in [2.24, 2.45) is 0 Å². The number of rotatable bonds is 6. The van der Waals surface area contributed by atoms with Gasteiger partial charge >= 0.3 is 0 Å². The van der Waals surface area contributed by atoms with Crippen LogP contribution in [0.25, 0.3) is 0 Å². The first-order valence-corrected chi connectivity index (χ1v) is 10.2. The third-order valence-corrected chi connectivity index (χ3v) is 5.80. The van der Waals surface area contributed by atoms with Crippen molar-refractivity contribution < 1.29 is 14.3 Å². The molecular formula is C18H29N5O3S. The maximum atomic E-state index is 12.5. The van der Waals surface area contributed by atoms with Gasteiger partial charge in [0.15, 0.2) is 0 Å². The van der Waals surface area contributed by atoms with Crippen LogP contribution < -0.4 is 5.32 Å². The number of ether oxygens (including phenoxy) is 1. The number of hydrogen-bond acceptors (Lipinski definition) is 7. The van der Waals surface area contributed by atoms with E-state index in [1.807, 2.05) is 24.4 Å². The van der Waals surface area contributed by atoms with E-state index in [-0.39, 0.29) is 24.0 Å². The zero-order chi connectivity index (χ0) is 19.6. The molecule has 0 spiro atoms. The van der Waals surface area contributed by atoms with E-state index in [1.54, 1.807) is 19.0 Å². The molecule has 2 aliphatic heterocycles. The lowest BCUT2D eigenvalue weighted by molar-refractivity contribution is -0.134. The summed E-state index contributed by atoms with van der Waals surface area (Å²) in [6.45, 7) is 2.88. The van der Waals surface area contributed by atoms with Gasteiger partial charge in [-0.15, -0.1) is 11.3 Å². The zero-order valence-electron chi connectivity index (χ0n) is 16.5. The Morgan fingerprint density at radius 3 is 2.81 bits per heavy atom. The molecule has 150 valence electrons. The van der Waals surface area contributed by atoms with Crippen molar-refractivity contribution in [1.29, 1.82) is 0 Å². The molecule has 0 radical (unpaired) electrons. The summed E-state index contributed by atoms with van der Waals surface area (Å²) in [7, 11) is 7.49. The number of aromatic nitrogens is 1. The van der Waals surface area contributed by atoms with E-state index in [2.05, 4.69) is 15.2 Å². The van der Waals surface area contributed by atoms with Crippen LogP contribution in [0.15, 0.2) is 5.38 Å². The van der Waals surface area contributed by atoms with Crippen molar-refractivity contribution in [2.75, 3.05) is 47.9 Å². The summed E-state index contributed by atoms with van der Waals surface area (Å²) < 4.78 is 5.87. The molecule has 3 rings (SSSR count). The molecule has 8 nitrogen and oxygen atoms in total. The number of carbonyl (C=O) groups is 2. The van der Waals surface area contributed by atoms with Gasteiger partial charge < -0.3 is 19.9 Å². The molecule has 2 aliphatic rings. The fraction of sp³-hybridized carbons (Fsp3) is 0.722. The molecule has 0 bridgehead atoms. The maximum absolute atomic E-state index is 12.5. The molecule has 27 heavy (non-hydrogen) atoms. The molecule has 3 heterocycles. The minimum atomic E-state index is -0.110. The minimum Gasteiger partial charge on any atom is -0.375 e. The van der Waals surface area contributed by atoms with Crippen LogP contribution in [0.2, 0.25) is 0 Å². The third-order valence-electron chi connectivity index (χ3n) is 4.96. The Morgan fingerprint density at radius 1 is 1.33 bits per heavy atom. The highest BCUT2D eigenvalue weighted by Gasteiger charge is 2.38. The molecule has 2 amide bonds. The van der Waals surface area contributed by atoms with Crippen LogP contribution in [0.5, 0.6) is 0 Å². The summed E-state index contributed by atoms with van der Waals surface area (Å²) in [5, 5.41) is 5.87. The largest absolute Gasteiger partial charge is 0.375 e. The number of nitrogens with zero attached hydrogens (tertiary/aromatic N) is 4. The molecular weight excluding hydrogens is 366 g/mol. The first kappa shape index (κ1) is 20.2. The van der Waals surface area contributed by atoms with E-state index in [4.69, 9.17) is 4.74 Å². The highest BCUT2D eigenvalue weighted by molar-refractivity contribution is 7.09. The second-order valence-electron chi connectivity index (χ2n) is 7.83. The average Bonchev–Trinajstić information content (AvgIpc) is 3.20. The molecule has 0 aliphatic carbocycles. The summed E-state index contributed by atoms with van der Waals surface area (Å²) in [6.07, 6.45) is 1.20. The minimum absolute atomic E-state index is 0.0715. The van der Waals surface area contributed by atoms with Gasteiger partial charge in [-0.05, 0) is 20.5 Å². The van der Waals surface area contributed by atoms with Crippen LogP contribution in [0.1, 0.15) is 28.3 Å². The van der Waals surface area contributed by atoms with Crippen LogP contribution in [-0.4, -0.2) is 97.6 Å². The number of carbonyl (C=O) groups excluding carboxylic acids is 2. The number of hydrogen-bond donors (Lipinski definition) is 1. The quantitative estimate of drug-likeness (QED) is 0.744. The van der Waals surface area contributed by atoms with E-state index in [1.165, 1.54) is 11.3 Å². The first-order chi connectivity index (χ1) is 12.8. The SMILES string of the molecule is CN(C)Cc1nc(C(=O)N[C@H]2C[C@H]3CO[C@@H](CC(=O)N(C)C)CN3C2)cs1. The van der Waals surface area contributed by atoms with Gasteiger partial charge in [-0.3, -0.25) is 14.5 Å². The fourth-order valence-electron chi connectivity index (χ4n) is 3.57. The van der Waals surface area contributed by atoms with Crippen LogP contribution in [0, 0.1) is 0 Å². The van der Waals surface area contributed by atoms with E-state index in [9.17, 15) is 9.59 Å². The molecule has 0 aromatic carbocycles. The van der Waals surface area contributed by atoms with Crippen molar-refractivity contribution in [3.05, 3.63) is 16.1 Å². The topological polar surface area (TPSA) is 78.0 Å². The van der Waals surface area contributed by atoms with Crippen molar-refractivity contribution in [3.8, 4) is 0 Å². The van der Waals surface area contributed by atoms with Crippen molar-refractivity contribution in [1.82, 2.24) is 25.0 Å². The number of morpholine rings is 1. The standard InChI is InChI=1S/C18H29N5O3S/c1-21(2)9-16-20-15(11-27-16)18(25)19-12-5-13-10-26-14(8-23(13)7-12)6-17(24)22(3)4/h11-14H,5-10H2,1-4H3,(H,19,25)/t12-,13-,14-/m0/s1. The van der Waals surface area contributed by atoms with Crippen LogP contribution in [0.4, 0.5) is 0 Å². The van der Waals surface area contributed by atoms with Gasteiger partial charge in [0, 0.05) is 51.2 Å². The predicted octanol–water partition coefficient (Wildman–Crippen LogP) is 0.255. The number of amides is 2. The zero-order valence-corrected chi connectivity index (χ0v) is 17.3. The number of nitrogens with one attached hydrogen (secondary N) is 1. The first-order valence-electron chi connectivity index (χ1n) is 9.27. The van der Waals surface area contributed by atoms with Gasteiger partial charge in [0.05, 0.1) is 19.1 Å². The summed E-state index contributed by atoms with van der Waals surface area (Å²) in [5.74, 6) is -0.0269. The van der Waals surface area contributed by atoms with E-state index >= 15 is 0 Å². The molecule has 3 atom stereocenters. The Bertz CT molecular complexity index is 678. The molecule has 2 saturated heterocycles. The van der Waals surface area contributed by atoms with E-state index < -0.39 is 0 Å². The highest BCUT2D eigenvalue weighted by Crippen LogP contribution is 2.25. The Labute approximate surface area is 164 Å². The smallest absolute Gasteiger partial charge is 0.271 e. The molecule has 9 heteroatoms. The lowest BCUT2D eigenvalue weighted by Gasteiger charge is -2.35. The van der Waals surface area contributed by atoms with Crippen LogP contribution >= 0.6 is 11.3 Å². The van der Waals surface area contributed by atoms with Crippen LogP contribution in [-0.2, 0) is 16.1 Å². The highest BCUT2D eigenvalue weighted by atomic mass is 32.1. The predicted molar refractivity (Wildman–Crippen MR) is 104 cm³/mol. The van der Waals surface area contributed by atoms with Gasteiger partial charge in [0.25, 0.3) is 5.91 Å². The van der Waals surface area contributed by atoms with Gasteiger partial charge in [0.1, 0.15) is 10.7 Å². The third kappa shape index (κ3) is 5.25. The molecule has 1 N–H and O–H groups in total. The summed E-state index contributed by atoms with van der Waals surface area (Å²) >= 11 is 1.51. The lowest BCUT2D eigenvalue weighted by atomic mass is 10.1. The Kier molecular flexibility index (Phi) is 6.46. The number of fused-ring (bicyclic) bond motifs is 1. The number of thiazole rings is 1. The van der Waals surface area contributed by atoms with Crippen molar-refractivity contribution >= 4 is 23.2 Å². The monoisotopic (exact) mass is 395 g/mol. The Morgan fingerprint density at radius 2 is 2.11 bits per heavy atom. The molecule has 0 saturated carbocycles. The van der Waals surface area contributed by atoms with E-state index in [0.717, 1.165) is 31.1 Å². The van der Waals surface area contributed by atoms with Crippen molar-refractivity contribution in [2.45, 2.75) is 37.6 Å².